The molecule has 3 heterocycles. The molecule has 11 heteroatoms. The van der Waals surface area contributed by atoms with Gasteiger partial charge in [-0.3, -0.25) is 4.79 Å². The van der Waals surface area contributed by atoms with Crippen molar-refractivity contribution < 1.29 is 14.3 Å². The van der Waals surface area contributed by atoms with Crippen LogP contribution in [0.15, 0.2) is 60.8 Å². The SMILES string of the molecule is CC(=O)Nc1ccc(NC(=O)N2CCN(c3ccnc(Nc4ccc(N5CCOCC5)cc4)n3)CC2)cc1. The fraction of sp³-hybridized carbons (Fsp3) is 0.333. The summed E-state index contributed by atoms with van der Waals surface area (Å²) < 4.78 is 5.43. The van der Waals surface area contributed by atoms with Crippen molar-refractivity contribution in [3.8, 4) is 0 Å². The van der Waals surface area contributed by atoms with Crippen LogP contribution in [0.5, 0.6) is 0 Å². The molecule has 0 aliphatic carbocycles. The van der Waals surface area contributed by atoms with Crippen molar-refractivity contribution in [3.05, 3.63) is 60.8 Å². The van der Waals surface area contributed by atoms with E-state index >= 15 is 0 Å². The molecule has 2 aromatic carbocycles. The van der Waals surface area contributed by atoms with Crippen LogP contribution in [0.1, 0.15) is 6.92 Å². The summed E-state index contributed by atoms with van der Waals surface area (Å²) in [6, 6.07) is 17.1. The van der Waals surface area contributed by atoms with Gasteiger partial charge in [0.2, 0.25) is 11.9 Å². The number of rotatable bonds is 6. The maximum absolute atomic E-state index is 12.7. The second-order valence-electron chi connectivity index (χ2n) is 9.17. The lowest BCUT2D eigenvalue weighted by Gasteiger charge is -2.35. The summed E-state index contributed by atoms with van der Waals surface area (Å²) in [7, 11) is 0. The zero-order valence-corrected chi connectivity index (χ0v) is 21.4. The van der Waals surface area contributed by atoms with Gasteiger partial charge in [-0.05, 0) is 54.6 Å². The molecule has 3 aromatic rings. The first-order chi connectivity index (χ1) is 18.5. The first-order valence-electron chi connectivity index (χ1n) is 12.7. The molecule has 2 aliphatic heterocycles. The summed E-state index contributed by atoms with van der Waals surface area (Å²) in [6.07, 6.45) is 1.75. The Labute approximate surface area is 221 Å². The predicted octanol–water partition coefficient (Wildman–Crippen LogP) is 3.37. The molecule has 2 saturated heterocycles. The van der Waals surface area contributed by atoms with Gasteiger partial charge in [-0.2, -0.15) is 4.98 Å². The van der Waals surface area contributed by atoms with E-state index in [2.05, 4.69) is 42.9 Å². The number of carbonyl (C=O) groups excluding carboxylic acids is 2. The van der Waals surface area contributed by atoms with Crippen LogP contribution < -0.4 is 25.8 Å². The molecule has 0 saturated carbocycles. The molecule has 198 valence electrons. The summed E-state index contributed by atoms with van der Waals surface area (Å²) in [5, 5.41) is 8.92. The molecular weight excluding hydrogens is 484 g/mol. The highest BCUT2D eigenvalue weighted by Crippen LogP contribution is 2.22. The number of amides is 3. The van der Waals surface area contributed by atoms with Gasteiger partial charge in [-0.15, -0.1) is 0 Å². The molecule has 3 amide bonds. The lowest BCUT2D eigenvalue weighted by molar-refractivity contribution is -0.114. The maximum Gasteiger partial charge on any atom is 0.321 e. The van der Waals surface area contributed by atoms with Gasteiger partial charge in [-0.25, -0.2) is 9.78 Å². The molecule has 5 rings (SSSR count). The van der Waals surface area contributed by atoms with Gasteiger partial charge in [0.1, 0.15) is 5.82 Å². The zero-order chi connectivity index (χ0) is 26.3. The number of urea groups is 1. The standard InChI is InChI=1S/C27H32N8O3/c1-20(36)29-21-2-4-23(5-3-21)31-27(37)35-14-12-34(13-15-35)25-10-11-28-26(32-25)30-22-6-8-24(9-7-22)33-16-18-38-19-17-33/h2-11H,12-19H2,1H3,(H,29,36)(H,31,37)(H,28,30,32). The van der Waals surface area contributed by atoms with E-state index < -0.39 is 0 Å². The van der Waals surface area contributed by atoms with E-state index in [-0.39, 0.29) is 11.9 Å². The topological polar surface area (TPSA) is 115 Å². The molecule has 0 atom stereocenters. The summed E-state index contributed by atoms with van der Waals surface area (Å²) >= 11 is 0. The molecule has 0 unspecified atom stereocenters. The fourth-order valence-corrected chi connectivity index (χ4v) is 4.47. The number of anilines is 6. The quantitative estimate of drug-likeness (QED) is 0.457. The van der Waals surface area contributed by atoms with Crippen molar-refractivity contribution in [1.82, 2.24) is 14.9 Å². The third-order valence-corrected chi connectivity index (χ3v) is 6.49. The lowest BCUT2D eigenvalue weighted by Crippen LogP contribution is -2.50. The van der Waals surface area contributed by atoms with Gasteiger partial charge in [0, 0.05) is 75.1 Å². The fourth-order valence-electron chi connectivity index (χ4n) is 4.47. The Bertz CT molecular complexity index is 1240. The van der Waals surface area contributed by atoms with Crippen LogP contribution in [-0.2, 0) is 9.53 Å². The number of nitrogens with one attached hydrogen (secondary N) is 3. The molecule has 11 nitrogen and oxygen atoms in total. The number of hydrogen-bond donors (Lipinski definition) is 3. The van der Waals surface area contributed by atoms with Gasteiger partial charge >= 0.3 is 6.03 Å². The summed E-state index contributed by atoms with van der Waals surface area (Å²) in [5.74, 6) is 1.22. The Balaban J connectivity index is 1.12. The molecule has 1 aromatic heterocycles. The smallest absolute Gasteiger partial charge is 0.321 e. The lowest BCUT2D eigenvalue weighted by atomic mass is 10.2. The van der Waals surface area contributed by atoms with Crippen molar-refractivity contribution in [2.45, 2.75) is 6.92 Å². The molecule has 0 radical (unpaired) electrons. The predicted molar refractivity (Wildman–Crippen MR) is 148 cm³/mol. The Kier molecular flexibility index (Phi) is 7.84. The minimum atomic E-state index is -0.150. The van der Waals surface area contributed by atoms with Gasteiger partial charge < -0.3 is 35.4 Å². The van der Waals surface area contributed by atoms with Crippen LogP contribution in [0.3, 0.4) is 0 Å². The minimum Gasteiger partial charge on any atom is -0.378 e. The van der Waals surface area contributed by atoms with E-state index in [1.807, 2.05) is 18.2 Å². The van der Waals surface area contributed by atoms with Gasteiger partial charge in [0.15, 0.2) is 0 Å². The van der Waals surface area contributed by atoms with E-state index in [0.29, 0.717) is 43.5 Å². The summed E-state index contributed by atoms with van der Waals surface area (Å²) in [4.78, 5) is 39.2. The van der Waals surface area contributed by atoms with E-state index in [1.54, 1.807) is 35.4 Å². The van der Waals surface area contributed by atoms with Gasteiger partial charge in [0.25, 0.3) is 0 Å². The Morgan fingerprint density at radius 1 is 0.763 bits per heavy atom. The number of nitrogens with zero attached hydrogens (tertiary/aromatic N) is 5. The molecular formula is C27H32N8O3. The first-order valence-corrected chi connectivity index (χ1v) is 12.7. The highest BCUT2D eigenvalue weighted by atomic mass is 16.5. The third-order valence-electron chi connectivity index (χ3n) is 6.49. The number of carbonyl (C=O) groups is 2. The molecule has 0 bridgehead atoms. The number of ether oxygens (including phenoxy) is 1. The van der Waals surface area contributed by atoms with Crippen LogP contribution in [0, 0.1) is 0 Å². The number of piperazine rings is 1. The molecule has 3 N–H and O–H groups in total. The largest absolute Gasteiger partial charge is 0.378 e. The van der Waals surface area contributed by atoms with Crippen molar-refractivity contribution in [2.24, 2.45) is 0 Å². The monoisotopic (exact) mass is 516 g/mol. The van der Waals surface area contributed by atoms with Crippen molar-refractivity contribution in [3.63, 3.8) is 0 Å². The molecule has 2 fully saturated rings. The average Bonchev–Trinajstić information content (AvgIpc) is 2.95. The van der Waals surface area contributed by atoms with Gasteiger partial charge in [-0.1, -0.05) is 0 Å². The Hall–Kier alpha value is -4.38. The highest BCUT2D eigenvalue weighted by Gasteiger charge is 2.22. The van der Waals surface area contributed by atoms with Crippen LogP contribution in [-0.4, -0.2) is 79.3 Å². The van der Waals surface area contributed by atoms with Gasteiger partial charge in [0.05, 0.1) is 13.2 Å². The number of hydrogen-bond acceptors (Lipinski definition) is 8. The number of aromatic nitrogens is 2. The molecule has 38 heavy (non-hydrogen) atoms. The van der Waals surface area contributed by atoms with Crippen molar-refractivity contribution in [2.75, 3.05) is 78.2 Å². The normalized spacial score (nSPS) is 15.7. The number of morpholine rings is 1. The van der Waals surface area contributed by atoms with E-state index in [9.17, 15) is 9.59 Å². The maximum atomic E-state index is 12.7. The second-order valence-corrected chi connectivity index (χ2v) is 9.17. The average molecular weight is 517 g/mol. The van der Waals surface area contributed by atoms with Crippen molar-refractivity contribution >= 4 is 46.5 Å². The van der Waals surface area contributed by atoms with Crippen LogP contribution in [0.25, 0.3) is 0 Å². The molecule has 0 spiro atoms. The number of benzene rings is 2. The minimum absolute atomic E-state index is 0.135. The van der Waals surface area contributed by atoms with E-state index in [1.165, 1.54) is 12.6 Å². The van der Waals surface area contributed by atoms with E-state index in [4.69, 9.17) is 9.72 Å². The van der Waals surface area contributed by atoms with Crippen molar-refractivity contribution in [1.29, 1.82) is 0 Å². The van der Waals surface area contributed by atoms with Crippen LogP contribution >= 0.6 is 0 Å². The Morgan fingerprint density at radius 3 is 2.05 bits per heavy atom. The Morgan fingerprint density at radius 2 is 1.39 bits per heavy atom. The second kappa shape index (κ2) is 11.8. The highest BCUT2D eigenvalue weighted by molar-refractivity contribution is 5.91. The summed E-state index contributed by atoms with van der Waals surface area (Å²) in [6.45, 7) is 7.26. The third kappa shape index (κ3) is 6.48. The van der Waals surface area contributed by atoms with Crippen LogP contribution in [0.4, 0.5) is 39.3 Å². The van der Waals surface area contributed by atoms with Crippen LogP contribution in [0.2, 0.25) is 0 Å². The summed E-state index contributed by atoms with van der Waals surface area (Å²) in [5.41, 5.74) is 3.46. The first kappa shape index (κ1) is 25.3. The van der Waals surface area contributed by atoms with E-state index in [0.717, 1.165) is 37.8 Å². The zero-order valence-electron chi connectivity index (χ0n) is 21.4. The molecule has 2 aliphatic rings.